The lowest BCUT2D eigenvalue weighted by Gasteiger charge is -2.12. The molecule has 0 bridgehead atoms. The van der Waals surface area contributed by atoms with Crippen LogP contribution in [0.25, 0.3) is 21.9 Å². The van der Waals surface area contributed by atoms with E-state index in [1.165, 1.54) is 12.4 Å². The maximum absolute atomic E-state index is 11.8. The number of halogens is 1. The van der Waals surface area contributed by atoms with Crippen molar-refractivity contribution in [2.24, 2.45) is 7.05 Å². The Morgan fingerprint density at radius 3 is 2.79 bits per heavy atom. The van der Waals surface area contributed by atoms with E-state index in [0.717, 1.165) is 33.2 Å². The monoisotopic (exact) mass is 469 g/mol. The number of anilines is 2. The van der Waals surface area contributed by atoms with Crippen LogP contribution in [0.5, 0.6) is 11.5 Å². The lowest BCUT2D eigenvalue weighted by molar-refractivity contribution is -0.114. The van der Waals surface area contributed by atoms with Gasteiger partial charge in [-0.3, -0.25) is 4.79 Å². The molecule has 1 N–H and O–H groups in total. The van der Waals surface area contributed by atoms with Gasteiger partial charge in [-0.2, -0.15) is 0 Å². The molecular formula is C26H20ClN5O2. The van der Waals surface area contributed by atoms with Crippen LogP contribution in [0.1, 0.15) is 5.56 Å². The Hall–Kier alpha value is -4.23. The summed E-state index contributed by atoms with van der Waals surface area (Å²) in [7, 11) is 1.95. The third-order valence-corrected chi connectivity index (χ3v) is 5.72. The molecule has 7 nitrogen and oxygen atoms in total. The van der Waals surface area contributed by atoms with Gasteiger partial charge in [-0.1, -0.05) is 24.2 Å². The highest BCUT2D eigenvalue weighted by atomic mass is 35.5. The first kappa shape index (κ1) is 21.6. The van der Waals surface area contributed by atoms with E-state index in [-0.39, 0.29) is 12.2 Å². The van der Waals surface area contributed by atoms with Gasteiger partial charge >= 0.3 is 0 Å². The van der Waals surface area contributed by atoms with Gasteiger partial charge in [0.1, 0.15) is 23.6 Å². The van der Waals surface area contributed by atoms with Crippen molar-refractivity contribution >= 4 is 50.8 Å². The van der Waals surface area contributed by atoms with Crippen molar-refractivity contribution in [2.45, 2.75) is 6.42 Å². The highest BCUT2D eigenvalue weighted by Crippen LogP contribution is 2.34. The third kappa shape index (κ3) is 4.33. The molecule has 0 saturated carbocycles. The number of rotatable bonds is 7. The average Bonchev–Trinajstić information content (AvgIpc) is 3.21. The van der Waals surface area contributed by atoms with Gasteiger partial charge in [0.15, 0.2) is 5.78 Å². The molecule has 0 saturated heterocycles. The number of nitrogens with zero attached hydrogens (tertiary/aromatic N) is 4. The lowest BCUT2D eigenvalue weighted by atomic mass is 10.1. The number of fused-ring (bicyclic) bond motifs is 2. The molecule has 0 radical (unpaired) electrons. The van der Waals surface area contributed by atoms with Gasteiger partial charge in [-0.05, 0) is 54.1 Å². The molecule has 5 rings (SSSR count). The van der Waals surface area contributed by atoms with Gasteiger partial charge < -0.3 is 14.6 Å². The van der Waals surface area contributed by atoms with Gasteiger partial charge in [0.2, 0.25) is 0 Å². The molecule has 0 aliphatic heterocycles. The fourth-order valence-corrected chi connectivity index (χ4v) is 3.91. The maximum atomic E-state index is 11.8. The number of ether oxygens (including phenoxy) is 1. The van der Waals surface area contributed by atoms with E-state index in [1.54, 1.807) is 18.5 Å². The van der Waals surface area contributed by atoms with Crippen molar-refractivity contribution in [3.8, 4) is 11.5 Å². The number of nitrogens with one attached hydrogen (secondary N) is 1. The standard InChI is InChI=1S/C26H20ClN5O2/c1-3-18(33)10-16-4-7-22-20(11-16)26(29-14-28-22)31-17-5-9-25(21(27)12-17)34-19-6-8-24-23(13-19)30-15-32(24)2/h3-9,11-15H,1,10H2,2H3,(H,28,29,31). The Bertz CT molecular complexity index is 1560. The Labute approximate surface area is 200 Å². The second-order valence-electron chi connectivity index (χ2n) is 7.80. The minimum Gasteiger partial charge on any atom is -0.456 e. The van der Waals surface area contributed by atoms with Gasteiger partial charge in [0.25, 0.3) is 0 Å². The van der Waals surface area contributed by atoms with Crippen LogP contribution in [-0.2, 0) is 18.3 Å². The largest absolute Gasteiger partial charge is 0.456 e. The summed E-state index contributed by atoms with van der Waals surface area (Å²) in [5.74, 6) is 1.75. The fourth-order valence-electron chi connectivity index (χ4n) is 3.69. The number of carbonyl (C=O) groups excluding carboxylic acids is 1. The third-order valence-electron chi connectivity index (χ3n) is 5.43. The fraction of sp³-hybridized carbons (Fsp3) is 0.0769. The smallest absolute Gasteiger partial charge is 0.159 e. The Morgan fingerprint density at radius 1 is 1.09 bits per heavy atom. The van der Waals surface area contributed by atoms with Crippen molar-refractivity contribution in [3.63, 3.8) is 0 Å². The summed E-state index contributed by atoms with van der Waals surface area (Å²) in [6.45, 7) is 3.54. The first-order chi connectivity index (χ1) is 16.5. The SMILES string of the molecule is C=CC(=O)Cc1ccc2ncnc(Nc3ccc(Oc4ccc5c(c4)ncn5C)c(Cl)c3)c2c1. The summed E-state index contributed by atoms with van der Waals surface area (Å²) in [5.41, 5.74) is 4.24. The average molecular weight is 470 g/mol. The van der Waals surface area contributed by atoms with E-state index in [9.17, 15) is 4.79 Å². The van der Waals surface area contributed by atoms with Gasteiger partial charge in [-0.25, -0.2) is 15.0 Å². The van der Waals surface area contributed by atoms with E-state index in [0.29, 0.717) is 22.3 Å². The predicted octanol–water partition coefficient (Wildman–Crippen LogP) is 6.00. The second-order valence-corrected chi connectivity index (χ2v) is 8.21. The zero-order valence-electron chi connectivity index (χ0n) is 18.3. The molecule has 0 aliphatic rings. The second kappa shape index (κ2) is 8.96. The minimum atomic E-state index is -0.0460. The minimum absolute atomic E-state index is 0.0460. The molecule has 0 amide bonds. The van der Waals surface area contributed by atoms with Crippen LogP contribution in [-0.4, -0.2) is 25.3 Å². The Morgan fingerprint density at radius 2 is 1.97 bits per heavy atom. The number of aromatic nitrogens is 4. The van der Waals surface area contributed by atoms with Gasteiger partial charge in [0, 0.05) is 30.6 Å². The van der Waals surface area contributed by atoms with E-state index >= 15 is 0 Å². The highest BCUT2D eigenvalue weighted by Gasteiger charge is 2.10. The molecule has 0 fully saturated rings. The molecule has 0 aliphatic carbocycles. The van der Waals surface area contributed by atoms with Crippen LogP contribution in [0.4, 0.5) is 11.5 Å². The number of ketones is 1. The number of carbonyl (C=O) groups is 1. The molecule has 5 aromatic rings. The van der Waals surface area contributed by atoms with Crippen LogP contribution in [0.3, 0.4) is 0 Å². The van der Waals surface area contributed by atoms with Crippen LogP contribution in [0.15, 0.2) is 79.9 Å². The molecule has 34 heavy (non-hydrogen) atoms. The Balaban J connectivity index is 1.39. The molecule has 0 spiro atoms. The quantitative estimate of drug-likeness (QED) is 0.294. The van der Waals surface area contributed by atoms with Crippen LogP contribution >= 0.6 is 11.6 Å². The van der Waals surface area contributed by atoms with E-state index in [2.05, 4.69) is 26.8 Å². The topological polar surface area (TPSA) is 81.9 Å². The zero-order chi connectivity index (χ0) is 23.7. The summed E-state index contributed by atoms with van der Waals surface area (Å²) >= 11 is 6.52. The first-order valence-electron chi connectivity index (χ1n) is 10.5. The van der Waals surface area contributed by atoms with Crippen molar-refractivity contribution in [1.29, 1.82) is 0 Å². The molecule has 8 heteroatoms. The van der Waals surface area contributed by atoms with E-state index in [1.807, 2.05) is 54.1 Å². The molecule has 0 atom stereocenters. The molecule has 2 aromatic heterocycles. The predicted molar refractivity (Wildman–Crippen MR) is 134 cm³/mol. The molecular weight excluding hydrogens is 450 g/mol. The number of allylic oxidation sites excluding steroid dienone is 1. The number of hydrogen-bond acceptors (Lipinski definition) is 6. The summed E-state index contributed by atoms with van der Waals surface area (Å²) in [6.07, 6.45) is 4.85. The highest BCUT2D eigenvalue weighted by molar-refractivity contribution is 6.32. The van der Waals surface area contributed by atoms with Crippen LogP contribution in [0.2, 0.25) is 5.02 Å². The van der Waals surface area contributed by atoms with Gasteiger partial charge in [-0.15, -0.1) is 0 Å². The summed E-state index contributed by atoms with van der Waals surface area (Å²) in [4.78, 5) is 24.8. The molecule has 0 unspecified atom stereocenters. The maximum Gasteiger partial charge on any atom is 0.159 e. The van der Waals surface area contributed by atoms with Crippen LogP contribution < -0.4 is 10.1 Å². The number of benzene rings is 3. The van der Waals surface area contributed by atoms with Crippen LogP contribution in [0, 0.1) is 0 Å². The lowest BCUT2D eigenvalue weighted by Crippen LogP contribution is -2.00. The van der Waals surface area contributed by atoms with Crippen molar-refractivity contribution < 1.29 is 9.53 Å². The zero-order valence-corrected chi connectivity index (χ0v) is 19.1. The van der Waals surface area contributed by atoms with E-state index in [4.69, 9.17) is 16.3 Å². The molecule has 168 valence electrons. The Kier molecular flexibility index (Phi) is 5.69. The first-order valence-corrected chi connectivity index (χ1v) is 10.9. The molecule has 2 heterocycles. The summed E-state index contributed by atoms with van der Waals surface area (Å²) < 4.78 is 7.94. The summed E-state index contributed by atoms with van der Waals surface area (Å²) in [5, 5.41) is 4.54. The summed E-state index contributed by atoms with van der Waals surface area (Å²) in [6, 6.07) is 16.8. The van der Waals surface area contributed by atoms with Crippen molar-refractivity contribution in [3.05, 3.63) is 90.5 Å². The van der Waals surface area contributed by atoms with Crippen molar-refractivity contribution in [1.82, 2.24) is 19.5 Å². The van der Waals surface area contributed by atoms with Gasteiger partial charge in [0.05, 0.1) is 27.9 Å². The molecule has 3 aromatic carbocycles. The number of imidazole rings is 1. The number of aryl methyl sites for hydroxylation is 1. The normalized spacial score (nSPS) is 11.0. The van der Waals surface area contributed by atoms with Crippen molar-refractivity contribution in [2.75, 3.05) is 5.32 Å². The number of hydrogen-bond donors (Lipinski definition) is 1. The van der Waals surface area contributed by atoms with E-state index < -0.39 is 0 Å².